The van der Waals surface area contributed by atoms with E-state index in [0.717, 1.165) is 24.4 Å². The Kier molecular flexibility index (Phi) is 4.29. The van der Waals surface area contributed by atoms with E-state index in [2.05, 4.69) is 4.98 Å². The summed E-state index contributed by atoms with van der Waals surface area (Å²) in [4.78, 5) is 14.5. The third-order valence-corrected chi connectivity index (χ3v) is 4.30. The number of sulfonamides is 1. The molecular weight excluding hydrogens is 325 g/mol. The Morgan fingerprint density at radius 2 is 2.13 bits per heavy atom. The van der Waals surface area contributed by atoms with Gasteiger partial charge in [0.1, 0.15) is 22.3 Å². The molecule has 0 radical (unpaired) electrons. The molecule has 2 rings (SSSR count). The number of rotatable bonds is 4. The minimum absolute atomic E-state index is 0.0607. The number of carboxylic acids is 1. The first-order valence-corrected chi connectivity index (χ1v) is 7.66. The van der Waals surface area contributed by atoms with Crippen molar-refractivity contribution in [3.63, 3.8) is 0 Å². The second-order valence-electron chi connectivity index (χ2n) is 4.49. The summed E-state index contributed by atoms with van der Waals surface area (Å²) in [5.74, 6) is -2.68. The van der Waals surface area contributed by atoms with Crippen molar-refractivity contribution in [3.05, 3.63) is 53.1 Å². The largest absolute Gasteiger partial charge is 0.478 e. The molecule has 2 aromatic rings. The maximum absolute atomic E-state index is 13.6. The van der Waals surface area contributed by atoms with Gasteiger partial charge in [0.2, 0.25) is 0 Å². The van der Waals surface area contributed by atoms with Crippen LogP contribution < -0.4 is 4.72 Å². The second kappa shape index (κ2) is 6.02. The van der Waals surface area contributed by atoms with Gasteiger partial charge in [0.05, 0.1) is 16.9 Å². The van der Waals surface area contributed by atoms with Crippen LogP contribution in [0.2, 0.25) is 0 Å². The van der Waals surface area contributed by atoms with Crippen molar-refractivity contribution >= 4 is 21.7 Å². The fourth-order valence-electron chi connectivity index (χ4n) is 1.80. The van der Waals surface area contributed by atoms with E-state index < -0.39 is 33.1 Å². The number of halogens is 1. The fraction of sp³-hybridized carbons (Fsp3) is 0.0714. The maximum Gasteiger partial charge on any atom is 0.340 e. The van der Waals surface area contributed by atoms with E-state index in [1.807, 2.05) is 4.72 Å². The molecule has 0 aliphatic rings. The van der Waals surface area contributed by atoms with E-state index in [9.17, 15) is 17.6 Å². The molecule has 0 amide bonds. The van der Waals surface area contributed by atoms with E-state index in [1.165, 1.54) is 13.0 Å². The number of hydrogen-bond acceptors (Lipinski definition) is 5. The highest BCUT2D eigenvalue weighted by atomic mass is 32.2. The van der Waals surface area contributed by atoms with E-state index in [1.54, 1.807) is 6.07 Å². The van der Waals surface area contributed by atoms with Crippen molar-refractivity contribution in [3.8, 4) is 6.07 Å². The van der Waals surface area contributed by atoms with Crippen LogP contribution in [0.15, 0.2) is 35.4 Å². The molecule has 0 aliphatic heterocycles. The number of carbonyl (C=O) groups is 1. The molecule has 0 spiro atoms. The topological polar surface area (TPSA) is 120 Å². The van der Waals surface area contributed by atoms with Gasteiger partial charge in [0.25, 0.3) is 10.0 Å². The SMILES string of the molecule is Cc1ncc(S(=O)(=O)Nc2cccc(F)c2C(=O)O)cc1C#N. The Labute approximate surface area is 131 Å². The number of hydrogen-bond donors (Lipinski definition) is 2. The number of aromatic nitrogens is 1. The summed E-state index contributed by atoms with van der Waals surface area (Å²) in [6.07, 6.45) is 1.03. The van der Waals surface area contributed by atoms with E-state index in [0.29, 0.717) is 5.69 Å². The van der Waals surface area contributed by atoms with Crippen LogP contribution in [0, 0.1) is 24.1 Å². The molecule has 0 fully saturated rings. The predicted molar refractivity (Wildman–Crippen MR) is 77.9 cm³/mol. The summed E-state index contributed by atoms with van der Waals surface area (Å²) in [5, 5.41) is 17.9. The molecule has 9 heteroatoms. The van der Waals surface area contributed by atoms with Gasteiger partial charge in [0.15, 0.2) is 0 Å². The van der Waals surface area contributed by atoms with Crippen LogP contribution in [0.25, 0.3) is 0 Å². The molecule has 0 unspecified atom stereocenters. The minimum Gasteiger partial charge on any atom is -0.478 e. The van der Waals surface area contributed by atoms with Crippen molar-refractivity contribution in [1.82, 2.24) is 4.98 Å². The van der Waals surface area contributed by atoms with Crippen LogP contribution in [-0.4, -0.2) is 24.5 Å². The average Bonchev–Trinajstić information content (AvgIpc) is 2.46. The summed E-state index contributed by atoms with van der Waals surface area (Å²) < 4.78 is 40.2. The van der Waals surface area contributed by atoms with Crippen molar-refractivity contribution in [1.29, 1.82) is 5.26 Å². The number of anilines is 1. The van der Waals surface area contributed by atoms with Crippen molar-refractivity contribution in [2.45, 2.75) is 11.8 Å². The van der Waals surface area contributed by atoms with Crippen LogP contribution in [0.3, 0.4) is 0 Å². The van der Waals surface area contributed by atoms with Gasteiger partial charge < -0.3 is 5.11 Å². The molecule has 118 valence electrons. The average molecular weight is 335 g/mol. The summed E-state index contributed by atoms with van der Waals surface area (Å²) in [6.45, 7) is 1.54. The first-order chi connectivity index (χ1) is 10.8. The Morgan fingerprint density at radius 3 is 2.74 bits per heavy atom. The minimum atomic E-state index is -4.23. The van der Waals surface area contributed by atoms with Gasteiger partial charge in [-0.05, 0) is 25.1 Å². The molecule has 0 bridgehead atoms. The number of aromatic carboxylic acids is 1. The maximum atomic E-state index is 13.6. The summed E-state index contributed by atoms with van der Waals surface area (Å²) in [7, 11) is -4.23. The Morgan fingerprint density at radius 1 is 1.43 bits per heavy atom. The number of nitrogens with one attached hydrogen (secondary N) is 1. The summed E-state index contributed by atoms with van der Waals surface area (Å²) >= 11 is 0. The lowest BCUT2D eigenvalue weighted by Gasteiger charge is -2.11. The molecule has 0 saturated carbocycles. The fourth-order valence-corrected chi connectivity index (χ4v) is 2.85. The lowest BCUT2D eigenvalue weighted by atomic mass is 10.2. The van der Waals surface area contributed by atoms with Gasteiger partial charge in [-0.15, -0.1) is 0 Å². The molecule has 0 aliphatic carbocycles. The normalized spacial score (nSPS) is 10.8. The van der Waals surface area contributed by atoms with Gasteiger partial charge in [-0.25, -0.2) is 17.6 Å². The van der Waals surface area contributed by atoms with E-state index in [-0.39, 0.29) is 10.5 Å². The molecule has 1 aromatic carbocycles. The standard InChI is InChI=1S/C14H10FN3O4S/c1-8-9(6-16)5-10(7-17-8)23(21,22)18-12-4-2-3-11(15)13(12)14(19)20/h2-5,7,18H,1H3,(H,19,20). The Bertz CT molecular complexity index is 936. The van der Waals surface area contributed by atoms with Gasteiger partial charge in [0, 0.05) is 6.20 Å². The monoisotopic (exact) mass is 335 g/mol. The lowest BCUT2D eigenvalue weighted by molar-refractivity contribution is 0.0693. The molecule has 1 heterocycles. The zero-order chi connectivity index (χ0) is 17.2. The van der Waals surface area contributed by atoms with Crippen LogP contribution >= 0.6 is 0 Å². The van der Waals surface area contributed by atoms with Crippen molar-refractivity contribution < 1.29 is 22.7 Å². The van der Waals surface area contributed by atoms with Crippen molar-refractivity contribution in [2.75, 3.05) is 4.72 Å². The zero-order valence-electron chi connectivity index (χ0n) is 11.7. The van der Waals surface area contributed by atoms with Crippen molar-refractivity contribution in [2.24, 2.45) is 0 Å². The van der Waals surface area contributed by atoms with Gasteiger partial charge in [-0.2, -0.15) is 5.26 Å². The third kappa shape index (κ3) is 3.27. The molecule has 2 N–H and O–H groups in total. The number of nitriles is 1. The molecule has 0 atom stereocenters. The second-order valence-corrected chi connectivity index (χ2v) is 6.17. The van der Waals surface area contributed by atoms with Gasteiger partial charge in [-0.1, -0.05) is 6.07 Å². The predicted octanol–water partition coefficient (Wildman–Crippen LogP) is 1.90. The highest BCUT2D eigenvalue weighted by Crippen LogP contribution is 2.23. The quantitative estimate of drug-likeness (QED) is 0.880. The van der Waals surface area contributed by atoms with Crippen LogP contribution in [-0.2, 0) is 10.0 Å². The molecule has 23 heavy (non-hydrogen) atoms. The van der Waals surface area contributed by atoms with E-state index >= 15 is 0 Å². The molecule has 7 nitrogen and oxygen atoms in total. The number of carboxylic acid groups (broad SMARTS) is 1. The van der Waals surface area contributed by atoms with Gasteiger partial charge >= 0.3 is 5.97 Å². The molecule has 1 aromatic heterocycles. The summed E-state index contributed by atoms with van der Waals surface area (Å²) in [5.41, 5.74) is -0.803. The third-order valence-electron chi connectivity index (χ3n) is 2.96. The van der Waals surface area contributed by atoms with E-state index in [4.69, 9.17) is 10.4 Å². The highest BCUT2D eigenvalue weighted by molar-refractivity contribution is 7.92. The molecular formula is C14H10FN3O4S. The summed E-state index contributed by atoms with van der Waals surface area (Å²) in [6, 6.07) is 6.10. The number of nitrogens with zero attached hydrogens (tertiary/aromatic N) is 2. The van der Waals surface area contributed by atoms with Crippen LogP contribution in [0.4, 0.5) is 10.1 Å². The molecule has 0 saturated heterocycles. The number of benzene rings is 1. The highest BCUT2D eigenvalue weighted by Gasteiger charge is 2.22. The first-order valence-electron chi connectivity index (χ1n) is 6.17. The zero-order valence-corrected chi connectivity index (χ0v) is 12.6. The number of pyridine rings is 1. The van der Waals surface area contributed by atoms with Crippen LogP contribution in [0.1, 0.15) is 21.6 Å². The first kappa shape index (κ1) is 16.4. The smallest absolute Gasteiger partial charge is 0.340 e. The van der Waals surface area contributed by atoms with Gasteiger partial charge in [-0.3, -0.25) is 9.71 Å². The Balaban J connectivity index is 2.50. The Hall–Kier alpha value is -2.99. The van der Waals surface area contributed by atoms with Crippen LogP contribution in [0.5, 0.6) is 0 Å². The lowest BCUT2D eigenvalue weighted by Crippen LogP contribution is -2.17. The number of aryl methyl sites for hydroxylation is 1.